The van der Waals surface area contributed by atoms with E-state index in [9.17, 15) is 4.79 Å². The van der Waals surface area contributed by atoms with Crippen molar-refractivity contribution in [3.8, 4) is 17.1 Å². The third-order valence-electron chi connectivity index (χ3n) is 2.93. The average Bonchev–Trinajstić information content (AvgIpc) is 2.94. The third-order valence-corrected chi connectivity index (χ3v) is 3.18. The van der Waals surface area contributed by atoms with Crippen molar-refractivity contribution in [2.24, 2.45) is 5.73 Å². The maximum atomic E-state index is 11.3. The molecule has 1 heterocycles. The summed E-state index contributed by atoms with van der Waals surface area (Å²) in [6.45, 7) is 0. The molecule has 2 aromatic carbocycles. The summed E-state index contributed by atoms with van der Waals surface area (Å²) >= 11 is 5.89. The van der Waals surface area contributed by atoms with Gasteiger partial charge >= 0.3 is 0 Å². The fraction of sp³-hybridized carbons (Fsp3) is 0. The van der Waals surface area contributed by atoms with Crippen LogP contribution in [0.25, 0.3) is 17.1 Å². The Balaban J connectivity index is 2.19. The molecule has 0 spiro atoms. The van der Waals surface area contributed by atoms with Crippen LogP contribution in [0.4, 0.5) is 0 Å². The van der Waals surface area contributed by atoms with Crippen LogP contribution >= 0.6 is 11.6 Å². The maximum absolute atomic E-state index is 11.3. The monoisotopic (exact) mass is 298 g/mol. The largest absolute Gasteiger partial charge is 0.363 e. The topological polar surface area (TPSA) is 73.8 Å². The first-order valence-electron chi connectivity index (χ1n) is 6.23. The smallest absolute Gasteiger partial charge is 0.288 e. The average molecular weight is 299 g/mol. The van der Waals surface area contributed by atoms with Gasteiger partial charge in [-0.2, -0.15) is 0 Å². The van der Waals surface area contributed by atoms with E-state index >= 15 is 0 Å². The standard InChI is InChI=1S/C15H11ClN4O/c16-11-8-6-10(7-9-11)15-18-14(13(17)21)19-20(15)12-4-2-1-3-5-12/h1-9H,(H2,17,21). The molecule has 6 heteroatoms. The number of amides is 1. The number of carbonyl (C=O) groups is 1. The van der Waals surface area contributed by atoms with Gasteiger partial charge in [0.2, 0.25) is 5.82 Å². The van der Waals surface area contributed by atoms with E-state index in [1.54, 1.807) is 16.8 Å². The normalized spacial score (nSPS) is 10.5. The second kappa shape index (κ2) is 5.38. The summed E-state index contributed by atoms with van der Waals surface area (Å²) in [5.41, 5.74) is 6.87. The zero-order chi connectivity index (χ0) is 14.8. The summed E-state index contributed by atoms with van der Waals surface area (Å²) < 4.78 is 1.59. The van der Waals surface area contributed by atoms with Crippen LogP contribution in [-0.2, 0) is 0 Å². The molecule has 3 aromatic rings. The van der Waals surface area contributed by atoms with Gasteiger partial charge in [-0.05, 0) is 36.4 Å². The molecule has 2 N–H and O–H groups in total. The molecule has 1 amide bonds. The van der Waals surface area contributed by atoms with E-state index in [4.69, 9.17) is 17.3 Å². The molecule has 0 saturated carbocycles. The molecule has 0 atom stereocenters. The van der Waals surface area contributed by atoms with Gasteiger partial charge in [-0.15, -0.1) is 5.10 Å². The molecule has 0 radical (unpaired) electrons. The van der Waals surface area contributed by atoms with Crippen LogP contribution < -0.4 is 5.73 Å². The van der Waals surface area contributed by atoms with Crippen molar-refractivity contribution >= 4 is 17.5 Å². The van der Waals surface area contributed by atoms with Crippen LogP contribution in [0.5, 0.6) is 0 Å². The lowest BCUT2D eigenvalue weighted by Gasteiger charge is -2.05. The number of benzene rings is 2. The van der Waals surface area contributed by atoms with Gasteiger partial charge in [0, 0.05) is 10.6 Å². The van der Waals surface area contributed by atoms with Crippen molar-refractivity contribution in [1.29, 1.82) is 0 Å². The predicted molar refractivity (Wildman–Crippen MR) is 80.3 cm³/mol. The Labute approximate surface area is 126 Å². The first kappa shape index (κ1) is 13.3. The number of carbonyl (C=O) groups excluding carboxylic acids is 1. The number of nitrogens with two attached hydrogens (primary N) is 1. The molecule has 0 saturated heterocycles. The van der Waals surface area contributed by atoms with Crippen molar-refractivity contribution in [3.63, 3.8) is 0 Å². The molecule has 1 aromatic heterocycles. The molecule has 0 unspecified atom stereocenters. The van der Waals surface area contributed by atoms with E-state index in [0.29, 0.717) is 10.8 Å². The van der Waals surface area contributed by atoms with Gasteiger partial charge in [-0.25, -0.2) is 9.67 Å². The van der Waals surface area contributed by atoms with Gasteiger partial charge in [-0.1, -0.05) is 29.8 Å². The molecule has 0 aliphatic rings. The zero-order valence-corrected chi connectivity index (χ0v) is 11.7. The molecule has 3 rings (SSSR count). The predicted octanol–water partition coefficient (Wildman–Crippen LogP) is 2.69. The molecule has 104 valence electrons. The Kier molecular flexibility index (Phi) is 3.41. The number of rotatable bonds is 3. The number of hydrogen-bond donors (Lipinski definition) is 1. The lowest BCUT2D eigenvalue weighted by molar-refractivity contribution is 0.0990. The highest BCUT2D eigenvalue weighted by Crippen LogP contribution is 2.22. The summed E-state index contributed by atoms with van der Waals surface area (Å²) in [4.78, 5) is 15.6. The third kappa shape index (κ3) is 2.64. The number of nitrogens with zero attached hydrogens (tertiary/aromatic N) is 3. The first-order valence-corrected chi connectivity index (χ1v) is 6.61. The zero-order valence-electron chi connectivity index (χ0n) is 10.9. The highest BCUT2D eigenvalue weighted by atomic mass is 35.5. The Bertz CT molecular complexity index is 781. The summed E-state index contributed by atoms with van der Waals surface area (Å²) in [6.07, 6.45) is 0. The van der Waals surface area contributed by atoms with Crippen LogP contribution in [0.3, 0.4) is 0 Å². The fourth-order valence-electron chi connectivity index (χ4n) is 1.95. The molecule has 0 bridgehead atoms. The van der Waals surface area contributed by atoms with Gasteiger partial charge in [0.15, 0.2) is 5.82 Å². The van der Waals surface area contributed by atoms with Crippen LogP contribution in [0.1, 0.15) is 10.6 Å². The number of halogens is 1. The molecule has 0 aliphatic heterocycles. The van der Waals surface area contributed by atoms with Crippen LogP contribution in [-0.4, -0.2) is 20.7 Å². The maximum Gasteiger partial charge on any atom is 0.288 e. The van der Waals surface area contributed by atoms with Gasteiger partial charge in [0.25, 0.3) is 5.91 Å². The van der Waals surface area contributed by atoms with E-state index in [-0.39, 0.29) is 5.82 Å². The van der Waals surface area contributed by atoms with Crippen LogP contribution in [0.2, 0.25) is 5.02 Å². The minimum atomic E-state index is -0.667. The minimum Gasteiger partial charge on any atom is -0.363 e. The molecule has 0 fully saturated rings. The number of hydrogen-bond acceptors (Lipinski definition) is 3. The van der Waals surface area contributed by atoms with Crippen molar-refractivity contribution < 1.29 is 4.79 Å². The van der Waals surface area contributed by atoms with Gasteiger partial charge < -0.3 is 5.73 Å². The van der Waals surface area contributed by atoms with Crippen molar-refractivity contribution in [3.05, 3.63) is 65.4 Å². The molecular weight excluding hydrogens is 288 g/mol. The number of primary amides is 1. The second-order valence-corrected chi connectivity index (χ2v) is 4.81. The molecule has 21 heavy (non-hydrogen) atoms. The lowest BCUT2D eigenvalue weighted by atomic mass is 10.2. The van der Waals surface area contributed by atoms with Gasteiger partial charge in [-0.3, -0.25) is 4.79 Å². The fourth-order valence-corrected chi connectivity index (χ4v) is 2.08. The number of para-hydroxylation sites is 1. The quantitative estimate of drug-likeness (QED) is 0.808. The Morgan fingerprint density at radius 3 is 2.33 bits per heavy atom. The minimum absolute atomic E-state index is 0.0243. The van der Waals surface area contributed by atoms with Crippen LogP contribution in [0.15, 0.2) is 54.6 Å². The van der Waals surface area contributed by atoms with Crippen LogP contribution in [0, 0.1) is 0 Å². The van der Waals surface area contributed by atoms with Crippen molar-refractivity contribution in [1.82, 2.24) is 14.8 Å². The van der Waals surface area contributed by atoms with E-state index < -0.39 is 5.91 Å². The lowest BCUT2D eigenvalue weighted by Crippen LogP contribution is -2.13. The summed E-state index contributed by atoms with van der Waals surface area (Å²) in [5, 5.41) is 4.80. The summed E-state index contributed by atoms with van der Waals surface area (Å²) in [6, 6.07) is 16.6. The van der Waals surface area contributed by atoms with E-state index in [2.05, 4.69) is 10.1 Å². The van der Waals surface area contributed by atoms with E-state index in [1.165, 1.54) is 0 Å². The summed E-state index contributed by atoms with van der Waals surface area (Å²) in [7, 11) is 0. The SMILES string of the molecule is NC(=O)c1nc(-c2ccc(Cl)cc2)n(-c2ccccc2)n1. The molecular formula is C15H11ClN4O. The van der Waals surface area contributed by atoms with Gasteiger partial charge in [0.05, 0.1) is 5.69 Å². The Morgan fingerprint density at radius 1 is 1.05 bits per heavy atom. The highest BCUT2D eigenvalue weighted by Gasteiger charge is 2.16. The summed E-state index contributed by atoms with van der Waals surface area (Å²) in [5.74, 6) is -0.157. The van der Waals surface area contributed by atoms with Gasteiger partial charge in [0.1, 0.15) is 0 Å². The Morgan fingerprint density at radius 2 is 1.71 bits per heavy atom. The number of aromatic nitrogens is 3. The van der Waals surface area contributed by atoms with Crippen molar-refractivity contribution in [2.45, 2.75) is 0 Å². The molecule has 0 aliphatic carbocycles. The highest BCUT2D eigenvalue weighted by molar-refractivity contribution is 6.30. The molecule has 5 nitrogen and oxygen atoms in total. The van der Waals surface area contributed by atoms with E-state index in [1.807, 2.05) is 42.5 Å². The van der Waals surface area contributed by atoms with Crippen molar-refractivity contribution in [2.75, 3.05) is 0 Å². The second-order valence-electron chi connectivity index (χ2n) is 4.38. The Hall–Kier alpha value is -2.66. The first-order chi connectivity index (χ1) is 10.1. The van der Waals surface area contributed by atoms with E-state index in [0.717, 1.165) is 11.3 Å².